The van der Waals surface area contributed by atoms with Crippen LogP contribution >= 0.6 is 34.7 Å². The highest BCUT2D eigenvalue weighted by molar-refractivity contribution is 7.94. The minimum atomic E-state index is -4.37. The van der Waals surface area contributed by atoms with E-state index < -0.39 is 15.9 Å². The number of oxazole rings is 1. The Bertz CT molecular complexity index is 1970. The lowest BCUT2D eigenvalue weighted by molar-refractivity contribution is -0.777. The highest BCUT2D eigenvalue weighted by atomic mass is 32.2. The molecule has 0 amide bonds. The largest absolute Gasteiger partial charge is 0.748 e. The summed E-state index contributed by atoms with van der Waals surface area (Å²) in [5.74, 6) is 1.76. The van der Waals surface area contributed by atoms with Crippen LogP contribution in [0.4, 0.5) is 5.69 Å². The fraction of sp³-hybridized carbons (Fsp3) is 0.219. The van der Waals surface area contributed by atoms with Crippen molar-refractivity contribution in [1.82, 2.24) is 0 Å². The van der Waals surface area contributed by atoms with E-state index in [0.29, 0.717) is 41.8 Å². The van der Waals surface area contributed by atoms with Gasteiger partial charge in [0, 0.05) is 48.7 Å². The molecule has 0 bridgehead atoms. The topological polar surface area (TPSA) is 128 Å². The predicted molar refractivity (Wildman–Crippen MR) is 178 cm³/mol. The minimum absolute atomic E-state index is 0.142. The summed E-state index contributed by atoms with van der Waals surface area (Å²) in [7, 11) is -4.37. The van der Waals surface area contributed by atoms with Crippen LogP contribution in [0.1, 0.15) is 25.7 Å². The maximum Gasteiger partial charge on any atom is 0.374 e. The van der Waals surface area contributed by atoms with Crippen molar-refractivity contribution in [2.45, 2.75) is 26.3 Å². The van der Waals surface area contributed by atoms with E-state index in [9.17, 15) is 18.2 Å². The van der Waals surface area contributed by atoms with E-state index in [1.54, 1.807) is 22.7 Å². The van der Waals surface area contributed by atoms with Crippen molar-refractivity contribution in [3.05, 3.63) is 93.5 Å². The van der Waals surface area contributed by atoms with Crippen LogP contribution in [0.25, 0.3) is 39.4 Å². The van der Waals surface area contributed by atoms with Gasteiger partial charge in [0.1, 0.15) is 0 Å². The van der Waals surface area contributed by atoms with Crippen molar-refractivity contribution >= 4 is 67.7 Å². The molecular weight excluding hydrogens is 669 g/mol. The second kappa shape index (κ2) is 14.5. The first-order valence-corrected chi connectivity index (χ1v) is 18.7. The quantitative estimate of drug-likeness (QED) is 0.0316. The van der Waals surface area contributed by atoms with Crippen molar-refractivity contribution in [2.24, 2.45) is 0 Å². The van der Waals surface area contributed by atoms with Crippen molar-refractivity contribution in [3.8, 4) is 28.0 Å². The Kier molecular flexibility index (Phi) is 10.3. The van der Waals surface area contributed by atoms with Crippen LogP contribution in [0.5, 0.6) is 5.75 Å². The molecule has 240 valence electrons. The third-order valence-electron chi connectivity index (χ3n) is 7.45. The first kappa shape index (κ1) is 32.5. The number of aromatic nitrogens is 1. The van der Waals surface area contributed by atoms with E-state index in [4.69, 9.17) is 9.15 Å². The van der Waals surface area contributed by atoms with Crippen LogP contribution < -0.4 is 19.5 Å². The van der Waals surface area contributed by atoms with Gasteiger partial charge < -0.3 is 23.9 Å². The first-order valence-electron chi connectivity index (χ1n) is 14.4. The number of allylic oxidation sites excluding steroid dienone is 2. The normalized spacial score (nSPS) is 14.4. The summed E-state index contributed by atoms with van der Waals surface area (Å²) in [6.45, 7) is 2.76. The Labute approximate surface area is 278 Å². The van der Waals surface area contributed by atoms with Gasteiger partial charge in [-0.15, -0.1) is 0 Å². The summed E-state index contributed by atoms with van der Waals surface area (Å²) in [6.07, 6.45) is 4.62. The molecule has 0 spiro atoms. The Balaban J connectivity index is 1.37. The molecule has 0 radical (unpaired) electrons. The smallest absolute Gasteiger partial charge is 0.374 e. The summed E-state index contributed by atoms with van der Waals surface area (Å²) in [6, 6.07) is 16.0. The van der Waals surface area contributed by atoms with E-state index in [1.165, 1.54) is 0 Å². The number of fused-ring (bicyclic) bond motifs is 2. The molecule has 4 heterocycles. The van der Waals surface area contributed by atoms with Crippen LogP contribution in [0.3, 0.4) is 0 Å². The van der Waals surface area contributed by atoms with Gasteiger partial charge in [0.25, 0.3) is 5.52 Å². The fourth-order valence-electron chi connectivity index (χ4n) is 5.24. The zero-order valence-corrected chi connectivity index (χ0v) is 27.9. The molecule has 0 saturated carbocycles. The Morgan fingerprint density at radius 2 is 1.78 bits per heavy atom. The van der Waals surface area contributed by atoms with Gasteiger partial charge in [-0.3, -0.25) is 5.04 Å². The van der Waals surface area contributed by atoms with Gasteiger partial charge in [-0.05, 0) is 86.1 Å². The van der Waals surface area contributed by atoms with E-state index in [-0.39, 0.29) is 13.0 Å². The second-order valence-corrected chi connectivity index (χ2v) is 14.2. The standard InChI is InChI=1S/C32H30N2O8S4/c1-2-22(17-32-34(11-14-45-42-41-35)28-19-24(5-7-30(28)40-32)26-9-13-44-21-26)16-31-33(10-3-15-46(36,37)38)27-18-23(4-6-29(27)39-31)25-8-12-43-20-25/h4-9,12-13,16-21H,2-3,10-11,14-15H2,1H3,(H-,35,36,37,38)/p-1. The molecule has 0 atom stereocenters. The molecule has 46 heavy (non-hydrogen) atoms. The summed E-state index contributed by atoms with van der Waals surface area (Å²) >= 11 is 4.13. The molecule has 1 aliphatic rings. The van der Waals surface area contributed by atoms with E-state index in [2.05, 4.69) is 32.3 Å². The maximum absolute atomic E-state index is 11.4. The van der Waals surface area contributed by atoms with Crippen LogP contribution in [0, 0.1) is 0 Å². The Morgan fingerprint density at radius 1 is 1.04 bits per heavy atom. The highest BCUT2D eigenvalue weighted by Crippen LogP contribution is 2.42. The monoisotopic (exact) mass is 697 g/mol. The zero-order chi connectivity index (χ0) is 32.1. The van der Waals surface area contributed by atoms with Crippen LogP contribution in [-0.2, 0) is 26.0 Å². The van der Waals surface area contributed by atoms with Gasteiger partial charge >= 0.3 is 5.89 Å². The lowest BCUT2D eigenvalue weighted by Gasteiger charge is -2.18. The Morgan fingerprint density at radius 3 is 2.46 bits per heavy atom. The third-order valence-corrected chi connectivity index (χ3v) is 10.1. The number of hydrogen-bond acceptors (Lipinski definition) is 12. The SMILES string of the molecule is CCC(/C=C1\Oc2ccc(-c3ccsc3)cc2N1CCSOO[O-])=C\c1oc2ccc(-c3ccsc3)cc2[n+]1CCCS(=O)(=O)[O-]. The number of nitrogens with zero attached hydrogens (tertiary/aromatic N) is 2. The summed E-state index contributed by atoms with van der Waals surface area (Å²) in [5.41, 5.74) is 7.45. The lowest BCUT2D eigenvalue weighted by atomic mass is 10.1. The van der Waals surface area contributed by atoms with Crippen molar-refractivity contribution < 1.29 is 41.3 Å². The molecule has 0 unspecified atom stereocenters. The number of aryl methyl sites for hydroxylation is 1. The lowest BCUT2D eigenvalue weighted by Crippen LogP contribution is -2.36. The molecule has 5 aromatic rings. The predicted octanol–water partition coefficient (Wildman–Crippen LogP) is 6.52. The molecule has 10 nitrogen and oxygen atoms in total. The number of hydrogen-bond donors (Lipinski definition) is 0. The molecule has 0 saturated heterocycles. The second-order valence-electron chi connectivity index (χ2n) is 10.4. The minimum Gasteiger partial charge on any atom is -0.748 e. The fourth-order valence-corrected chi connectivity index (χ4v) is 7.42. The maximum atomic E-state index is 11.4. The molecule has 6 rings (SSSR count). The highest BCUT2D eigenvalue weighted by Gasteiger charge is 2.28. The van der Waals surface area contributed by atoms with Gasteiger partial charge in [0.05, 0.1) is 21.9 Å². The number of rotatable bonds is 14. The molecule has 1 aliphatic heterocycles. The van der Waals surface area contributed by atoms with Crippen molar-refractivity contribution in [3.63, 3.8) is 0 Å². The van der Waals surface area contributed by atoms with Crippen molar-refractivity contribution in [2.75, 3.05) is 23.0 Å². The summed E-state index contributed by atoms with van der Waals surface area (Å²) in [5, 5.41) is 22.1. The molecule has 0 N–H and O–H groups in total. The third kappa shape index (κ3) is 7.56. The van der Waals surface area contributed by atoms with Crippen molar-refractivity contribution in [1.29, 1.82) is 0 Å². The van der Waals surface area contributed by atoms with Gasteiger partial charge in [-0.2, -0.15) is 31.6 Å². The molecule has 14 heteroatoms. The average Bonchev–Trinajstić information content (AvgIpc) is 3.86. The van der Waals surface area contributed by atoms with Gasteiger partial charge in [0.2, 0.25) is 11.5 Å². The molecule has 0 fully saturated rings. The van der Waals surface area contributed by atoms with Gasteiger partial charge in [-0.1, -0.05) is 19.1 Å². The number of ether oxygens (including phenoxy) is 1. The number of thiophene rings is 2. The average molecular weight is 698 g/mol. The van der Waals surface area contributed by atoms with E-state index in [1.807, 2.05) is 75.7 Å². The number of anilines is 1. The molecule has 3 aromatic heterocycles. The first-order chi connectivity index (χ1) is 22.3. The molecule has 2 aromatic carbocycles. The molecular formula is C32H29N2O8S4-. The Hall–Kier alpha value is -3.47. The van der Waals surface area contributed by atoms with Gasteiger partial charge in [-0.25, -0.2) is 8.42 Å². The summed E-state index contributed by atoms with van der Waals surface area (Å²) < 4.78 is 53.3. The summed E-state index contributed by atoms with van der Waals surface area (Å²) in [4.78, 5) is 2.02. The van der Waals surface area contributed by atoms with Crippen LogP contribution in [0.15, 0.2) is 92.0 Å². The van der Waals surface area contributed by atoms with Gasteiger partial charge in [0.15, 0.2) is 12.3 Å². The van der Waals surface area contributed by atoms with Crippen LogP contribution in [0.2, 0.25) is 0 Å². The van der Waals surface area contributed by atoms with E-state index >= 15 is 0 Å². The molecule has 0 aliphatic carbocycles. The van der Waals surface area contributed by atoms with Crippen LogP contribution in [-0.4, -0.2) is 31.0 Å². The zero-order valence-electron chi connectivity index (χ0n) is 24.6. The number of benzene rings is 2. The van der Waals surface area contributed by atoms with E-state index in [0.717, 1.165) is 51.1 Å².